The summed E-state index contributed by atoms with van der Waals surface area (Å²) in [4.78, 5) is 10.4. The fourth-order valence-electron chi connectivity index (χ4n) is 0.101. The second-order valence-corrected chi connectivity index (χ2v) is 2.45. The van der Waals surface area contributed by atoms with E-state index >= 15 is 0 Å². The van der Waals surface area contributed by atoms with Crippen LogP contribution in [0.25, 0.3) is 0 Å². The van der Waals surface area contributed by atoms with Crippen molar-refractivity contribution in [1.82, 2.24) is 6.15 Å². The first-order valence-electron chi connectivity index (χ1n) is 2.50. The minimum absolute atomic E-state index is 0. The molecule has 0 atom stereocenters. The van der Waals surface area contributed by atoms with Crippen molar-refractivity contribution in [3.05, 3.63) is 0 Å². The number of rotatable bonds is 2. The van der Waals surface area contributed by atoms with Crippen LogP contribution >= 0.6 is 0 Å². The monoisotopic (exact) mass is 133 g/mol. The lowest BCUT2D eigenvalue weighted by molar-refractivity contribution is -0.125. The number of hydrogen-bond donors (Lipinski definition) is 3. The van der Waals surface area contributed by atoms with Gasteiger partial charge in [0.1, 0.15) is 0 Å². The molecule has 0 radical (unpaired) electrons. The van der Waals surface area contributed by atoms with Crippen LogP contribution in [0.2, 0.25) is 0 Å². The Kier molecular flexibility index (Phi) is 4.27. The van der Waals surface area contributed by atoms with Crippen molar-refractivity contribution in [3.8, 4) is 0 Å². The van der Waals surface area contributed by atoms with Gasteiger partial charge >= 0.3 is 0 Å². The third kappa shape index (κ3) is 3.05. The van der Waals surface area contributed by atoms with Gasteiger partial charge in [0.2, 0.25) is 5.91 Å². The molecule has 0 heterocycles. The summed E-state index contributed by atoms with van der Waals surface area (Å²) in [6.45, 7) is 3.74. The second-order valence-electron chi connectivity index (χ2n) is 2.45. The van der Waals surface area contributed by atoms with Gasteiger partial charge in [-0.15, -0.1) is 0 Å². The van der Waals surface area contributed by atoms with E-state index in [4.69, 9.17) is 11.5 Å². The van der Waals surface area contributed by atoms with Gasteiger partial charge < -0.3 is 17.6 Å². The van der Waals surface area contributed by atoms with E-state index in [0.717, 1.165) is 0 Å². The van der Waals surface area contributed by atoms with Gasteiger partial charge in [-0.3, -0.25) is 4.79 Å². The maximum Gasteiger partial charge on any atom is 0.224 e. The summed E-state index contributed by atoms with van der Waals surface area (Å²) in [6.07, 6.45) is 0. The Morgan fingerprint density at radius 1 is 1.56 bits per heavy atom. The van der Waals surface area contributed by atoms with Crippen molar-refractivity contribution in [2.45, 2.75) is 13.8 Å². The van der Waals surface area contributed by atoms with Crippen LogP contribution < -0.4 is 17.6 Å². The fourth-order valence-corrected chi connectivity index (χ4v) is 0.101. The van der Waals surface area contributed by atoms with E-state index in [0.29, 0.717) is 6.54 Å². The summed E-state index contributed by atoms with van der Waals surface area (Å²) in [5.74, 6) is -0.347. The molecule has 0 aliphatic heterocycles. The highest BCUT2D eigenvalue weighted by Crippen LogP contribution is 2.09. The van der Waals surface area contributed by atoms with Crippen LogP contribution in [-0.2, 0) is 4.79 Å². The molecule has 0 aromatic carbocycles. The highest BCUT2D eigenvalue weighted by molar-refractivity contribution is 5.80. The van der Waals surface area contributed by atoms with Crippen molar-refractivity contribution < 1.29 is 4.79 Å². The molecule has 56 valence electrons. The molecule has 7 N–H and O–H groups in total. The van der Waals surface area contributed by atoms with Gasteiger partial charge in [0, 0.05) is 6.54 Å². The van der Waals surface area contributed by atoms with Crippen LogP contribution in [0.5, 0.6) is 0 Å². The topological polar surface area (TPSA) is 104 Å². The number of carbonyl (C=O) groups excluding carboxylic acids is 1. The lowest BCUT2D eigenvalue weighted by Gasteiger charge is -2.16. The number of primary amides is 1. The van der Waals surface area contributed by atoms with Gasteiger partial charge in [-0.05, 0) is 13.8 Å². The van der Waals surface area contributed by atoms with Crippen molar-refractivity contribution >= 4 is 5.91 Å². The lowest BCUT2D eigenvalue weighted by Crippen LogP contribution is -2.37. The molecule has 0 saturated carbocycles. The van der Waals surface area contributed by atoms with E-state index in [1.54, 1.807) is 13.8 Å². The summed E-state index contributed by atoms with van der Waals surface area (Å²) in [6, 6.07) is 0. The Labute approximate surface area is 55.2 Å². The molecule has 0 aromatic heterocycles. The molecule has 0 saturated heterocycles. The van der Waals surface area contributed by atoms with Gasteiger partial charge in [-0.25, -0.2) is 0 Å². The molecular weight excluding hydrogens is 118 g/mol. The van der Waals surface area contributed by atoms with Gasteiger partial charge in [0.05, 0.1) is 5.41 Å². The maximum atomic E-state index is 10.4. The van der Waals surface area contributed by atoms with Crippen LogP contribution in [0.15, 0.2) is 0 Å². The molecule has 9 heavy (non-hydrogen) atoms. The predicted molar refractivity (Wildman–Crippen MR) is 37.1 cm³/mol. The lowest BCUT2D eigenvalue weighted by atomic mass is 9.93. The van der Waals surface area contributed by atoms with Crippen LogP contribution in [0.3, 0.4) is 0 Å². The van der Waals surface area contributed by atoms with E-state index in [1.165, 1.54) is 0 Å². The first-order chi connectivity index (χ1) is 3.50. The molecule has 0 fully saturated rings. The van der Waals surface area contributed by atoms with E-state index in [9.17, 15) is 4.79 Å². The summed E-state index contributed by atoms with van der Waals surface area (Å²) in [5.41, 5.74) is 9.63. The number of hydrogen-bond acceptors (Lipinski definition) is 3. The van der Waals surface area contributed by atoms with Crippen LogP contribution in [0.1, 0.15) is 13.8 Å². The Balaban J connectivity index is 0. The third-order valence-electron chi connectivity index (χ3n) is 1.18. The second kappa shape index (κ2) is 3.42. The average Bonchev–Trinajstić information content (AvgIpc) is 1.67. The number of amides is 1. The van der Waals surface area contributed by atoms with Crippen LogP contribution in [-0.4, -0.2) is 12.5 Å². The third-order valence-corrected chi connectivity index (χ3v) is 1.18. The first kappa shape index (κ1) is 11.2. The standard InChI is InChI=1S/C5H12N2O.H3N/c1-5(2,3-6)4(7)8;/h3,6H2,1-2H3,(H2,7,8);1H3. The van der Waals surface area contributed by atoms with Crippen molar-refractivity contribution in [3.63, 3.8) is 0 Å². The maximum absolute atomic E-state index is 10.4. The van der Waals surface area contributed by atoms with Crippen molar-refractivity contribution in [1.29, 1.82) is 0 Å². The summed E-state index contributed by atoms with van der Waals surface area (Å²) < 4.78 is 0. The molecular formula is C5H15N3O. The molecule has 4 heteroatoms. The zero-order valence-electron chi connectivity index (χ0n) is 5.98. The molecule has 0 rings (SSSR count). The van der Waals surface area contributed by atoms with Gasteiger partial charge in [-0.2, -0.15) is 0 Å². The zero-order chi connectivity index (χ0) is 6.78. The van der Waals surface area contributed by atoms with Gasteiger partial charge in [0.15, 0.2) is 0 Å². The van der Waals surface area contributed by atoms with Gasteiger partial charge in [0.25, 0.3) is 0 Å². The van der Waals surface area contributed by atoms with E-state index in [-0.39, 0.29) is 12.1 Å². The van der Waals surface area contributed by atoms with Crippen molar-refractivity contribution in [2.75, 3.05) is 6.54 Å². The normalized spacial score (nSPS) is 10.1. The minimum atomic E-state index is -0.542. The Morgan fingerprint density at radius 2 is 1.89 bits per heavy atom. The number of nitrogens with two attached hydrogens (primary N) is 2. The molecule has 1 amide bonds. The predicted octanol–water partition coefficient (Wildman–Crippen LogP) is -0.381. The quantitative estimate of drug-likeness (QED) is 0.478. The molecule has 0 aromatic rings. The molecule has 0 unspecified atom stereocenters. The highest BCUT2D eigenvalue weighted by Gasteiger charge is 2.21. The van der Waals surface area contributed by atoms with E-state index in [2.05, 4.69) is 0 Å². The molecule has 0 bridgehead atoms. The highest BCUT2D eigenvalue weighted by atomic mass is 16.1. The fraction of sp³-hybridized carbons (Fsp3) is 0.800. The van der Waals surface area contributed by atoms with Crippen LogP contribution in [0, 0.1) is 5.41 Å². The number of carbonyl (C=O) groups is 1. The minimum Gasteiger partial charge on any atom is -0.369 e. The molecule has 0 aliphatic rings. The molecule has 0 aliphatic carbocycles. The van der Waals surface area contributed by atoms with Gasteiger partial charge in [-0.1, -0.05) is 0 Å². The van der Waals surface area contributed by atoms with Crippen LogP contribution in [0.4, 0.5) is 0 Å². The van der Waals surface area contributed by atoms with E-state index in [1.807, 2.05) is 0 Å². The Hall–Kier alpha value is -0.610. The summed E-state index contributed by atoms with van der Waals surface area (Å²) in [5, 5.41) is 0. The molecule has 4 nitrogen and oxygen atoms in total. The zero-order valence-corrected chi connectivity index (χ0v) is 5.98. The van der Waals surface area contributed by atoms with E-state index < -0.39 is 5.41 Å². The summed E-state index contributed by atoms with van der Waals surface area (Å²) in [7, 11) is 0. The smallest absolute Gasteiger partial charge is 0.224 e. The van der Waals surface area contributed by atoms with Crippen molar-refractivity contribution in [2.24, 2.45) is 16.9 Å². The summed E-state index contributed by atoms with van der Waals surface area (Å²) >= 11 is 0. The SMILES string of the molecule is CC(C)(CN)C(N)=O.N. The first-order valence-corrected chi connectivity index (χ1v) is 2.50. The molecule has 0 spiro atoms. The average molecular weight is 133 g/mol. The largest absolute Gasteiger partial charge is 0.369 e. The Morgan fingerprint density at radius 3 is 1.89 bits per heavy atom. The Bertz CT molecular complexity index is 100.